The number of H-pyrrole nitrogens is 1. The number of rotatable bonds is 0. The minimum atomic E-state index is 0.740. The van der Waals surface area contributed by atoms with Gasteiger partial charge in [0.25, 0.3) is 0 Å². The van der Waals surface area contributed by atoms with Gasteiger partial charge >= 0.3 is 0 Å². The van der Waals surface area contributed by atoms with Crippen molar-refractivity contribution in [3.63, 3.8) is 0 Å². The molecule has 0 aliphatic heterocycles. The molecule has 1 aromatic carbocycles. The van der Waals surface area contributed by atoms with Gasteiger partial charge in [0.1, 0.15) is 0 Å². The summed E-state index contributed by atoms with van der Waals surface area (Å²) in [5.41, 5.74) is 3.10. The van der Waals surface area contributed by atoms with Crippen LogP contribution < -0.4 is 0 Å². The van der Waals surface area contributed by atoms with Crippen molar-refractivity contribution in [1.82, 2.24) is 9.97 Å². The molecule has 14 heavy (non-hydrogen) atoms. The molecule has 2 nitrogen and oxygen atoms in total. The Morgan fingerprint density at radius 2 is 2.07 bits per heavy atom. The summed E-state index contributed by atoms with van der Waals surface area (Å²) in [6, 6.07) is 9.71. The Morgan fingerprint density at radius 1 is 1.14 bits per heavy atom. The number of halogens is 1. The fourth-order valence-corrected chi connectivity index (χ4v) is 1.86. The molecular weight excluding hydrogens is 196 g/mol. The first-order valence-electron chi connectivity index (χ1n) is 4.36. The predicted molar refractivity (Wildman–Crippen MR) is 58.6 cm³/mol. The third-order valence-corrected chi connectivity index (χ3v) is 2.55. The molecule has 0 bridgehead atoms. The molecule has 0 amide bonds. The molecule has 0 unspecified atom stereocenters. The summed E-state index contributed by atoms with van der Waals surface area (Å²) in [6.45, 7) is 0. The van der Waals surface area contributed by atoms with Gasteiger partial charge in [-0.3, -0.25) is 4.98 Å². The third kappa shape index (κ3) is 1.01. The largest absolute Gasteiger partial charge is 0.353 e. The van der Waals surface area contributed by atoms with E-state index >= 15 is 0 Å². The summed E-state index contributed by atoms with van der Waals surface area (Å²) in [5.74, 6) is 0. The van der Waals surface area contributed by atoms with Crippen molar-refractivity contribution in [2.45, 2.75) is 0 Å². The number of nitrogens with zero attached hydrogens (tertiary/aromatic N) is 1. The van der Waals surface area contributed by atoms with E-state index in [0.717, 1.165) is 27.0 Å². The molecule has 0 spiro atoms. The van der Waals surface area contributed by atoms with Gasteiger partial charge in [0, 0.05) is 22.1 Å². The lowest BCUT2D eigenvalue weighted by Crippen LogP contribution is -1.71. The predicted octanol–water partition coefficient (Wildman–Crippen LogP) is 3.37. The van der Waals surface area contributed by atoms with Crippen LogP contribution in [-0.4, -0.2) is 9.97 Å². The van der Waals surface area contributed by atoms with E-state index in [1.807, 2.05) is 30.3 Å². The molecule has 0 saturated carbocycles. The fraction of sp³-hybridized carbons (Fsp3) is 0. The Balaban J connectivity index is 2.58. The van der Waals surface area contributed by atoms with Crippen LogP contribution in [-0.2, 0) is 0 Å². The standard InChI is InChI=1S/C11H7ClN2/c12-7-3-4-9-8(6-7)11-10(14-9)2-1-5-13-11/h1-6,14H. The maximum absolute atomic E-state index is 5.93. The third-order valence-electron chi connectivity index (χ3n) is 2.31. The second-order valence-electron chi connectivity index (χ2n) is 3.21. The van der Waals surface area contributed by atoms with Gasteiger partial charge in [0.05, 0.1) is 11.0 Å². The Bertz CT molecular complexity index is 613. The van der Waals surface area contributed by atoms with Crippen LogP contribution in [0.4, 0.5) is 0 Å². The average molecular weight is 203 g/mol. The Labute approximate surface area is 85.5 Å². The quantitative estimate of drug-likeness (QED) is 0.595. The molecule has 3 aromatic rings. The van der Waals surface area contributed by atoms with Crippen molar-refractivity contribution < 1.29 is 0 Å². The maximum Gasteiger partial charge on any atom is 0.0958 e. The molecule has 2 heterocycles. The van der Waals surface area contributed by atoms with Crippen molar-refractivity contribution in [3.8, 4) is 0 Å². The molecule has 2 aromatic heterocycles. The number of benzene rings is 1. The minimum Gasteiger partial charge on any atom is -0.353 e. The molecule has 0 aliphatic rings. The fourth-order valence-electron chi connectivity index (χ4n) is 1.69. The summed E-state index contributed by atoms with van der Waals surface area (Å²) in [7, 11) is 0. The maximum atomic E-state index is 5.93. The Hall–Kier alpha value is -1.54. The van der Waals surface area contributed by atoms with Gasteiger partial charge in [-0.05, 0) is 30.3 Å². The number of aromatic amines is 1. The second kappa shape index (κ2) is 2.72. The second-order valence-corrected chi connectivity index (χ2v) is 3.65. The van der Waals surface area contributed by atoms with E-state index in [2.05, 4.69) is 9.97 Å². The Morgan fingerprint density at radius 3 is 3.00 bits per heavy atom. The minimum absolute atomic E-state index is 0.740. The summed E-state index contributed by atoms with van der Waals surface area (Å²) in [5, 5.41) is 1.82. The summed E-state index contributed by atoms with van der Waals surface area (Å²) in [4.78, 5) is 7.60. The number of aromatic nitrogens is 2. The van der Waals surface area contributed by atoms with Crippen molar-refractivity contribution in [2.24, 2.45) is 0 Å². The Kier molecular flexibility index (Phi) is 1.52. The van der Waals surface area contributed by atoms with Crippen LogP contribution in [0.2, 0.25) is 5.02 Å². The van der Waals surface area contributed by atoms with E-state index in [4.69, 9.17) is 11.6 Å². The van der Waals surface area contributed by atoms with Crippen LogP contribution in [0.3, 0.4) is 0 Å². The van der Waals surface area contributed by atoms with Crippen LogP contribution >= 0.6 is 11.6 Å². The van der Waals surface area contributed by atoms with Crippen molar-refractivity contribution in [3.05, 3.63) is 41.6 Å². The van der Waals surface area contributed by atoms with Crippen LogP contribution in [0.25, 0.3) is 21.9 Å². The average Bonchev–Trinajstić information content (AvgIpc) is 2.56. The first kappa shape index (κ1) is 7.83. The lowest BCUT2D eigenvalue weighted by Gasteiger charge is -1.90. The number of pyridine rings is 1. The lowest BCUT2D eigenvalue weighted by molar-refractivity contribution is 1.42. The van der Waals surface area contributed by atoms with Crippen LogP contribution in [0, 0.1) is 0 Å². The van der Waals surface area contributed by atoms with Gasteiger partial charge in [-0.15, -0.1) is 0 Å². The number of fused-ring (bicyclic) bond motifs is 3. The number of nitrogens with one attached hydrogen (secondary N) is 1. The number of hydrogen-bond acceptors (Lipinski definition) is 1. The highest BCUT2D eigenvalue weighted by molar-refractivity contribution is 6.31. The van der Waals surface area contributed by atoms with E-state index in [1.165, 1.54) is 0 Å². The first-order valence-corrected chi connectivity index (χ1v) is 4.74. The molecule has 1 N–H and O–H groups in total. The zero-order chi connectivity index (χ0) is 9.54. The lowest BCUT2D eigenvalue weighted by atomic mass is 10.2. The van der Waals surface area contributed by atoms with E-state index in [0.29, 0.717) is 0 Å². The van der Waals surface area contributed by atoms with Crippen LogP contribution in [0.15, 0.2) is 36.5 Å². The highest BCUT2D eigenvalue weighted by atomic mass is 35.5. The first-order chi connectivity index (χ1) is 6.84. The molecule has 0 saturated heterocycles. The summed E-state index contributed by atoms with van der Waals surface area (Å²) >= 11 is 5.93. The topological polar surface area (TPSA) is 28.7 Å². The van der Waals surface area contributed by atoms with Crippen molar-refractivity contribution in [2.75, 3.05) is 0 Å². The molecule has 68 valence electrons. The van der Waals surface area contributed by atoms with Gasteiger partial charge in [-0.2, -0.15) is 0 Å². The SMILES string of the molecule is Clc1ccc2[nH]c3cccnc3c2c1. The normalized spacial score (nSPS) is 11.2. The van der Waals surface area contributed by atoms with Gasteiger partial charge in [-0.1, -0.05) is 11.6 Å². The molecule has 0 radical (unpaired) electrons. The molecule has 0 atom stereocenters. The monoisotopic (exact) mass is 202 g/mol. The van der Waals surface area contributed by atoms with Gasteiger partial charge in [-0.25, -0.2) is 0 Å². The van der Waals surface area contributed by atoms with Crippen molar-refractivity contribution in [1.29, 1.82) is 0 Å². The van der Waals surface area contributed by atoms with E-state index < -0.39 is 0 Å². The van der Waals surface area contributed by atoms with E-state index in [1.54, 1.807) is 6.20 Å². The molecule has 3 rings (SSSR count). The smallest absolute Gasteiger partial charge is 0.0958 e. The molecule has 0 aliphatic carbocycles. The van der Waals surface area contributed by atoms with Gasteiger partial charge in [0.15, 0.2) is 0 Å². The zero-order valence-electron chi connectivity index (χ0n) is 7.29. The highest BCUT2D eigenvalue weighted by Crippen LogP contribution is 2.25. The van der Waals surface area contributed by atoms with Crippen LogP contribution in [0.5, 0.6) is 0 Å². The van der Waals surface area contributed by atoms with Crippen molar-refractivity contribution >= 4 is 33.5 Å². The number of hydrogen-bond donors (Lipinski definition) is 1. The molecular formula is C11H7ClN2. The summed E-state index contributed by atoms with van der Waals surface area (Å²) < 4.78 is 0. The van der Waals surface area contributed by atoms with Gasteiger partial charge in [0.2, 0.25) is 0 Å². The van der Waals surface area contributed by atoms with Crippen LogP contribution in [0.1, 0.15) is 0 Å². The summed E-state index contributed by atoms with van der Waals surface area (Å²) in [6.07, 6.45) is 1.79. The van der Waals surface area contributed by atoms with E-state index in [9.17, 15) is 0 Å². The molecule has 0 fully saturated rings. The highest BCUT2D eigenvalue weighted by Gasteiger charge is 2.04. The van der Waals surface area contributed by atoms with Gasteiger partial charge < -0.3 is 4.98 Å². The van der Waals surface area contributed by atoms with E-state index in [-0.39, 0.29) is 0 Å². The zero-order valence-corrected chi connectivity index (χ0v) is 8.05. The molecule has 3 heteroatoms.